The Bertz CT molecular complexity index is 1060. The van der Waals surface area contributed by atoms with Gasteiger partial charge in [-0.3, -0.25) is 0 Å². The number of anilines is 1. The van der Waals surface area contributed by atoms with E-state index in [1.54, 1.807) is 36.4 Å². The third-order valence-corrected chi connectivity index (χ3v) is 5.62. The molecule has 0 aliphatic carbocycles. The van der Waals surface area contributed by atoms with Crippen molar-refractivity contribution in [2.75, 3.05) is 11.9 Å². The molecule has 0 saturated heterocycles. The summed E-state index contributed by atoms with van der Waals surface area (Å²) in [7, 11) is 0. The summed E-state index contributed by atoms with van der Waals surface area (Å²) in [5.74, 6) is -2.46. The van der Waals surface area contributed by atoms with Crippen LogP contribution in [0.1, 0.15) is 15.2 Å². The second kappa shape index (κ2) is 8.85. The molecule has 0 atom stereocenters. The van der Waals surface area contributed by atoms with Crippen LogP contribution < -0.4 is 10.1 Å². The first-order valence-electron chi connectivity index (χ1n) is 8.38. The van der Waals surface area contributed by atoms with Crippen molar-refractivity contribution in [1.82, 2.24) is 0 Å². The minimum absolute atomic E-state index is 0.0477. The lowest BCUT2D eigenvalue weighted by Crippen LogP contribution is -2.10. The van der Waals surface area contributed by atoms with Gasteiger partial charge in [-0.15, -0.1) is 11.3 Å². The topological polar surface area (TPSA) is 116 Å². The maximum atomic E-state index is 11.5. The number of carboxylic acids is 2. The number of phenols is 1. The highest BCUT2D eigenvalue weighted by Crippen LogP contribution is 2.45. The Morgan fingerprint density at radius 2 is 1.86 bits per heavy atom. The molecule has 0 fully saturated rings. The maximum Gasteiger partial charge on any atom is 0.349 e. The normalized spacial score (nSPS) is 10.5. The minimum atomic E-state index is -1.25. The molecule has 3 rings (SSSR count). The number of rotatable bonds is 8. The Hall–Kier alpha value is -3.23. The van der Waals surface area contributed by atoms with E-state index in [4.69, 9.17) is 21.4 Å². The fourth-order valence-corrected chi connectivity index (χ4v) is 4.02. The number of halogens is 1. The first kappa shape index (κ1) is 20.5. The molecule has 1 heterocycles. The van der Waals surface area contributed by atoms with Crippen molar-refractivity contribution in [2.45, 2.75) is 6.54 Å². The molecule has 1 aromatic heterocycles. The van der Waals surface area contributed by atoms with Gasteiger partial charge in [-0.05, 0) is 23.8 Å². The summed E-state index contributed by atoms with van der Waals surface area (Å²) in [6.07, 6.45) is 0. The largest absolute Gasteiger partial charge is 0.508 e. The van der Waals surface area contributed by atoms with Gasteiger partial charge in [0, 0.05) is 17.8 Å². The van der Waals surface area contributed by atoms with E-state index in [-0.39, 0.29) is 21.4 Å². The lowest BCUT2D eigenvalue weighted by Gasteiger charge is -2.09. The first-order valence-corrected chi connectivity index (χ1v) is 9.57. The highest BCUT2D eigenvalue weighted by molar-refractivity contribution is 7.18. The zero-order chi connectivity index (χ0) is 21.0. The number of para-hydroxylation sites is 1. The molecular formula is C20H16ClNO6S. The second-order valence-electron chi connectivity index (χ2n) is 5.95. The van der Waals surface area contributed by atoms with Crippen molar-refractivity contribution in [1.29, 1.82) is 0 Å². The SMILES string of the molecule is O=C(O)COc1c(C(=O)O)sc(-c2cccc(NCc3ccccc3O)c2)c1Cl. The minimum Gasteiger partial charge on any atom is -0.508 e. The van der Waals surface area contributed by atoms with Crippen LogP contribution in [0.4, 0.5) is 5.69 Å². The molecule has 0 saturated carbocycles. The van der Waals surface area contributed by atoms with E-state index in [0.29, 0.717) is 17.0 Å². The number of phenolic OH excluding ortho intramolecular Hbond substituents is 1. The monoisotopic (exact) mass is 433 g/mol. The van der Waals surface area contributed by atoms with E-state index in [9.17, 15) is 19.8 Å². The molecule has 3 aromatic rings. The highest BCUT2D eigenvalue weighted by atomic mass is 35.5. The van der Waals surface area contributed by atoms with Crippen LogP contribution >= 0.6 is 22.9 Å². The maximum absolute atomic E-state index is 11.5. The van der Waals surface area contributed by atoms with Crippen LogP contribution in [0.15, 0.2) is 48.5 Å². The third kappa shape index (κ3) is 4.79. The van der Waals surface area contributed by atoms with Gasteiger partial charge >= 0.3 is 11.9 Å². The zero-order valence-electron chi connectivity index (χ0n) is 14.9. The molecule has 0 amide bonds. The number of aromatic hydroxyl groups is 1. The number of carbonyl (C=O) groups is 2. The summed E-state index contributed by atoms with van der Waals surface area (Å²) in [6.45, 7) is -0.306. The van der Waals surface area contributed by atoms with Crippen LogP contribution in [0.3, 0.4) is 0 Å². The Labute approximate surface area is 174 Å². The molecule has 0 bridgehead atoms. The zero-order valence-corrected chi connectivity index (χ0v) is 16.5. The predicted octanol–water partition coefficient (Wildman–Crippen LogP) is 4.55. The lowest BCUT2D eigenvalue weighted by atomic mass is 10.1. The molecule has 0 spiro atoms. The van der Waals surface area contributed by atoms with Crippen LogP contribution in [0.2, 0.25) is 5.02 Å². The average Bonchev–Trinajstić information content (AvgIpc) is 3.02. The van der Waals surface area contributed by atoms with Crippen LogP contribution in [0, 0.1) is 0 Å². The highest BCUT2D eigenvalue weighted by Gasteiger charge is 2.24. The van der Waals surface area contributed by atoms with Gasteiger partial charge in [0.25, 0.3) is 0 Å². The van der Waals surface area contributed by atoms with Gasteiger partial charge in [0.15, 0.2) is 17.2 Å². The number of thiophene rings is 1. The van der Waals surface area contributed by atoms with Crippen molar-refractivity contribution in [3.8, 4) is 21.9 Å². The fraction of sp³-hybridized carbons (Fsp3) is 0.100. The Morgan fingerprint density at radius 1 is 1.10 bits per heavy atom. The summed E-state index contributed by atoms with van der Waals surface area (Å²) in [4.78, 5) is 22.6. The summed E-state index contributed by atoms with van der Waals surface area (Å²) in [5, 5.41) is 31.3. The Balaban J connectivity index is 1.88. The molecule has 9 heteroatoms. The van der Waals surface area contributed by atoms with Crippen molar-refractivity contribution < 1.29 is 29.6 Å². The molecule has 29 heavy (non-hydrogen) atoms. The molecule has 0 unspecified atom stereocenters. The molecule has 0 aliphatic heterocycles. The van der Waals surface area contributed by atoms with Crippen LogP contribution in [-0.4, -0.2) is 33.9 Å². The summed E-state index contributed by atoms with van der Waals surface area (Å²) >= 11 is 7.22. The van der Waals surface area contributed by atoms with E-state index in [1.165, 1.54) is 0 Å². The number of aliphatic carboxylic acids is 1. The lowest BCUT2D eigenvalue weighted by molar-refractivity contribution is -0.139. The van der Waals surface area contributed by atoms with E-state index >= 15 is 0 Å². The number of ether oxygens (including phenoxy) is 1. The van der Waals surface area contributed by atoms with Gasteiger partial charge in [-0.25, -0.2) is 9.59 Å². The second-order valence-corrected chi connectivity index (χ2v) is 7.35. The number of aromatic carboxylic acids is 1. The quantitative estimate of drug-likeness (QED) is 0.412. The molecule has 0 radical (unpaired) electrons. The van der Waals surface area contributed by atoms with E-state index < -0.39 is 18.5 Å². The molecule has 2 aromatic carbocycles. The van der Waals surface area contributed by atoms with E-state index in [0.717, 1.165) is 22.6 Å². The average molecular weight is 434 g/mol. The summed E-state index contributed by atoms with van der Waals surface area (Å²) in [5.41, 5.74) is 2.11. The predicted molar refractivity (Wildman–Crippen MR) is 110 cm³/mol. The number of carboxylic acid groups (broad SMARTS) is 2. The van der Waals surface area contributed by atoms with Gasteiger partial charge in [0.2, 0.25) is 0 Å². The fourth-order valence-electron chi connectivity index (χ4n) is 2.61. The molecule has 150 valence electrons. The van der Waals surface area contributed by atoms with Crippen LogP contribution in [0.5, 0.6) is 11.5 Å². The van der Waals surface area contributed by atoms with Crippen LogP contribution in [-0.2, 0) is 11.3 Å². The summed E-state index contributed by atoms with van der Waals surface area (Å²) in [6, 6.07) is 14.1. The number of hydrogen-bond donors (Lipinski definition) is 4. The molecule has 4 N–H and O–H groups in total. The molecule has 7 nitrogen and oxygen atoms in total. The van der Waals surface area contributed by atoms with Crippen LogP contribution in [0.25, 0.3) is 10.4 Å². The van der Waals surface area contributed by atoms with Gasteiger partial charge in [0.1, 0.15) is 10.8 Å². The van der Waals surface area contributed by atoms with Crippen molar-refractivity contribution in [3.05, 3.63) is 64.0 Å². The van der Waals surface area contributed by atoms with Crippen molar-refractivity contribution in [2.24, 2.45) is 0 Å². The van der Waals surface area contributed by atoms with E-state index in [1.807, 2.05) is 12.1 Å². The van der Waals surface area contributed by atoms with E-state index in [2.05, 4.69) is 5.32 Å². The summed E-state index contributed by atoms with van der Waals surface area (Å²) < 4.78 is 5.10. The number of nitrogens with one attached hydrogen (secondary N) is 1. The van der Waals surface area contributed by atoms with Gasteiger partial charge in [-0.1, -0.05) is 41.9 Å². The van der Waals surface area contributed by atoms with Gasteiger partial charge in [0.05, 0.1) is 4.88 Å². The third-order valence-electron chi connectivity index (χ3n) is 3.94. The molecular weight excluding hydrogens is 418 g/mol. The van der Waals surface area contributed by atoms with Crippen molar-refractivity contribution >= 4 is 40.6 Å². The Kier molecular flexibility index (Phi) is 6.26. The molecule has 0 aliphatic rings. The van der Waals surface area contributed by atoms with Gasteiger partial charge in [-0.2, -0.15) is 0 Å². The first-order chi connectivity index (χ1) is 13.9. The van der Waals surface area contributed by atoms with Gasteiger partial charge < -0.3 is 25.4 Å². The standard InChI is InChI=1S/C20H16ClNO6S/c21-16-17(28-10-15(24)25)19(20(26)27)29-18(16)11-5-3-6-13(8-11)22-9-12-4-1-2-7-14(12)23/h1-8,22-23H,9-10H2,(H,24,25)(H,26,27). The number of hydrogen-bond acceptors (Lipinski definition) is 6. The van der Waals surface area contributed by atoms with Crippen molar-refractivity contribution in [3.63, 3.8) is 0 Å². The Morgan fingerprint density at radius 3 is 2.55 bits per heavy atom. The number of benzene rings is 2. The smallest absolute Gasteiger partial charge is 0.349 e.